The summed E-state index contributed by atoms with van der Waals surface area (Å²) < 4.78 is 0. The number of carbonyl (C=O) groups is 1. The lowest BCUT2D eigenvalue weighted by molar-refractivity contribution is -0.153. The maximum Gasteiger partial charge on any atom is 0.309 e. The molecular weight excluding hydrogens is 226 g/mol. The van der Waals surface area contributed by atoms with Crippen molar-refractivity contribution >= 4 is 5.97 Å². The van der Waals surface area contributed by atoms with Crippen LogP contribution in [0.1, 0.15) is 59.3 Å². The molecule has 18 heavy (non-hydrogen) atoms. The molecule has 0 aromatic carbocycles. The van der Waals surface area contributed by atoms with Crippen molar-refractivity contribution < 1.29 is 9.90 Å². The van der Waals surface area contributed by atoms with Crippen molar-refractivity contribution in [1.82, 2.24) is 4.90 Å². The summed E-state index contributed by atoms with van der Waals surface area (Å²) in [6, 6.07) is 0.617. The predicted octanol–water partition coefficient (Wildman–Crippen LogP) is 3.14. The zero-order valence-electron chi connectivity index (χ0n) is 12.0. The monoisotopic (exact) mass is 253 g/mol. The first-order valence-corrected chi connectivity index (χ1v) is 7.41. The Kier molecular flexibility index (Phi) is 3.72. The number of rotatable bonds is 5. The van der Waals surface area contributed by atoms with Crippen molar-refractivity contribution in [2.75, 3.05) is 13.1 Å². The van der Waals surface area contributed by atoms with Gasteiger partial charge in [-0.25, -0.2) is 0 Å². The minimum atomic E-state index is -0.575. The molecule has 0 bridgehead atoms. The normalized spacial score (nSPS) is 27.7. The molecule has 0 aromatic rings. The van der Waals surface area contributed by atoms with E-state index >= 15 is 0 Å². The smallest absolute Gasteiger partial charge is 0.309 e. The van der Waals surface area contributed by atoms with E-state index in [2.05, 4.69) is 25.7 Å². The summed E-state index contributed by atoms with van der Waals surface area (Å²) in [5, 5.41) is 9.50. The molecule has 2 rings (SSSR count). The second kappa shape index (κ2) is 4.84. The van der Waals surface area contributed by atoms with Gasteiger partial charge in [0, 0.05) is 6.04 Å². The molecule has 1 aliphatic carbocycles. The third kappa shape index (κ3) is 2.42. The Morgan fingerprint density at radius 2 is 1.83 bits per heavy atom. The molecule has 0 radical (unpaired) electrons. The molecule has 1 saturated carbocycles. The molecule has 1 unspecified atom stereocenters. The lowest BCUT2D eigenvalue weighted by Gasteiger charge is -2.43. The largest absolute Gasteiger partial charge is 0.481 e. The topological polar surface area (TPSA) is 40.5 Å². The Morgan fingerprint density at radius 1 is 1.28 bits per heavy atom. The lowest BCUT2D eigenvalue weighted by atomic mass is 9.74. The molecule has 2 fully saturated rings. The van der Waals surface area contributed by atoms with E-state index in [1.165, 1.54) is 12.8 Å². The molecule has 1 saturated heterocycles. The summed E-state index contributed by atoms with van der Waals surface area (Å²) in [7, 11) is 0. The first kappa shape index (κ1) is 13.9. The van der Waals surface area contributed by atoms with E-state index < -0.39 is 11.4 Å². The number of hydrogen-bond acceptors (Lipinski definition) is 2. The predicted molar refractivity (Wildman–Crippen MR) is 72.6 cm³/mol. The number of hydrogen-bond donors (Lipinski definition) is 1. The molecule has 0 aromatic heterocycles. The Hall–Kier alpha value is -0.570. The van der Waals surface area contributed by atoms with Gasteiger partial charge in [0.1, 0.15) is 0 Å². The van der Waals surface area contributed by atoms with Crippen LogP contribution < -0.4 is 0 Å². The first-order chi connectivity index (χ1) is 8.43. The Bertz CT molecular complexity index is 314. The van der Waals surface area contributed by atoms with Crippen molar-refractivity contribution in [1.29, 1.82) is 0 Å². The standard InChI is InChI=1S/C15H27NO2/c1-4-5-15(13(17)18)8-10-16(11-9-15)12(2)14(3)6-7-14/h12H,4-11H2,1-3H3,(H,17,18). The molecule has 3 nitrogen and oxygen atoms in total. The van der Waals surface area contributed by atoms with Gasteiger partial charge >= 0.3 is 5.97 Å². The van der Waals surface area contributed by atoms with Gasteiger partial charge in [0.15, 0.2) is 0 Å². The van der Waals surface area contributed by atoms with E-state index in [-0.39, 0.29) is 0 Å². The molecule has 2 aliphatic rings. The summed E-state index contributed by atoms with van der Waals surface area (Å²) >= 11 is 0. The van der Waals surface area contributed by atoms with Crippen molar-refractivity contribution in [2.24, 2.45) is 10.8 Å². The summed E-state index contributed by atoms with van der Waals surface area (Å²) in [6.45, 7) is 8.69. The minimum Gasteiger partial charge on any atom is -0.481 e. The Morgan fingerprint density at radius 3 is 2.22 bits per heavy atom. The van der Waals surface area contributed by atoms with Crippen LogP contribution in [0.25, 0.3) is 0 Å². The van der Waals surface area contributed by atoms with Gasteiger partial charge in [-0.1, -0.05) is 20.3 Å². The maximum absolute atomic E-state index is 11.5. The van der Waals surface area contributed by atoms with Gasteiger partial charge in [-0.05, 0) is 57.5 Å². The van der Waals surface area contributed by atoms with Crippen LogP contribution in [-0.2, 0) is 4.79 Å². The highest BCUT2D eigenvalue weighted by molar-refractivity contribution is 5.74. The molecular formula is C15H27NO2. The Labute approximate surface area is 111 Å². The highest BCUT2D eigenvalue weighted by atomic mass is 16.4. The van der Waals surface area contributed by atoms with Crippen molar-refractivity contribution in [2.45, 2.75) is 65.3 Å². The van der Waals surface area contributed by atoms with E-state index in [1.54, 1.807) is 0 Å². The number of carboxylic acid groups (broad SMARTS) is 1. The number of nitrogens with zero attached hydrogens (tertiary/aromatic N) is 1. The summed E-state index contributed by atoms with van der Waals surface area (Å²) in [5.74, 6) is -0.575. The molecule has 0 amide bonds. The second-order valence-electron chi connectivity index (χ2n) is 6.70. The van der Waals surface area contributed by atoms with Gasteiger partial charge in [-0.15, -0.1) is 0 Å². The van der Waals surface area contributed by atoms with Gasteiger partial charge in [0.05, 0.1) is 5.41 Å². The van der Waals surface area contributed by atoms with Crippen LogP contribution in [0.2, 0.25) is 0 Å². The fraction of sp³-hybridized carbons (Fsp3) is 0.933. The van der Waals surface area contributed by atoms with Crippen LogP contribution in [0.4, 0.5) is 0 Å². The second-order valence-corrected chi connectivity index (χ2v) is 6.70. The SMILES string of the molecule is CCCC1(C(=O)O)CCN(C(C)C2(C)CC2)CC1. The van der Waals surface area contributed by atoms with Crippen LogP contribution in [0.3, 0.4) is 0 Å². The van der Waals surface area contributed by atoms with Crippen LogP contribution in [0.15, 0.2) is 0 Å². The lowest BCUT2D eigenvalue weighted by Crippen LogP contribution is -2.49. The van der Waals surface area contributed by atoms with E-state index in [9.17, 15) is 9.90 Å². The highest BCUT2D eigenvalue weighted by Crippen LogP contribution is 2.51. The maximum atomic E-state index is 11.5. The van der Waals surface area contributed by atoms with Crippen LogP contribution >= 0.6 is 0 Å². The van der Waals surface area contributed by atoms with Crippen LogP contribution in [0, 0.1) is 10.8 Å². The van der Waals surface area contributed by atoms with E-state index in [4.69, 9.17) is 0 Å². The summed E-state index contributed by atoms with van der Waals surface area (Å²) in [6.07, 6.45) is 6.14. The zero-order chi connectivity index (χ0) is 13.4. The summed E-state index contributed by atoms with van der Waals surface area (Å²) in [5.41, 5.74) is 0.0728. The molecule has 1 heterocycles. The van der Waals surface area contributed by atoms with E-state index in [0.29, 0.717) is 11.5 Å². The van der Waals surface area contributed by atoms with Crippen molar-refractivity contribution in [3.05, 3.63) is 0 Å². The first-order valence-electron chi connectivity index (χ1n) is 7.41. The third-order valence-electron chi connectivity index (χ3n) is 5.53. The van der Waals surface area contributed by atoms with Gasteiger partial charge < -0.3 is 10.0 Å². The quantitative estimate of drug-likeness (QED) is 0.818. The average molecular weight is 253 g/mol. The number of aliphatic carboxylic acids is 1. The van der Waals surface area contributed by atoms with E-state index in [1.807, 2.05) is 0 Å². The molecule has 1 atom stereocenters. The fourth-order valence-electron chi connectivity index (χ4n) is 3.44. The van der Waals surface area contributed by atoms with Crippen LogP contribution in [0.5, 0.6) is 0 Å². The molecule has 1 aliphatic heterocycles. The Balaban J connectivity index is 1.95. The van der Waals surface area contributed by atoms with Gasteiger partial charge in [0.2, 0.25) is 0 Å². The summed E-state index contributed by atoms with van der Waals surface area (Å²) in [4.78, 5) is 14.1. The molecule has 1 N–H and O–H groups in total. The van der Waals surface area contributed by atoms with Gasteiger partial charge in [-0.2, -0.15) is 0 Å². The number of likely N-dealkylation sites (tertiary alicyclic amines) is 1. The number of carboxylic acids is 1. The van der Waals surface area contributed by atoms with Gasteiger partial charge in [-0.3, -0.25) is 4.79 Å². The zero-order valence-corrected chi connectivity index (χ0v) is 12.0. The molecule has 3 heteroatoms. The van der Waals surface area contributed by atoms with Crippen molar-refractivity contribution in [3.8, 4) is 0 Å². The van der Waals surface area contributed by atoms with Crippen LogP contribution in [-0.4, -0.2) is 35.1 Å². The van der Waals surface area contributed by atoms with Gasteiger partial charge in [0.25, 0.3) is 0 Å². The number of piperidine rings is 1. The average Bonchev–Trinajstić information content (AvgIpc) is 3.09. The minimum absolute atomic E-state index is 0.435. The van der Waals surface area contributed by atoms with E-state index in [0.717, 1.165) is 38.8 Å². The molecule has 0 spiro atoms. The fourth-order valence-corrected chi connectivity index (χ4v) is 3.44. The highest BCUT2D eigenvalue weighted by Gasteiger charge is 2.48. The third-order valence-corrected chi connectivity index (χ3v) is 5.53. The van der Waals surface area contributed by atoms with Crippen molar-refractivity contribution in [3.63, 3.8) is 0 Å². The molecule has 104 valence electrons.